The highest BCUT2D eigenvalue weighted by atomic mass is 16.5. The van der Waals surface area contributed by atoms with E-state index in [0.29, 0.717) is 5.70 Å². The van der Waals surface area contributed by atoms with Crippen LogP contribution in [0.5, 0.6) is 0 Å². The molecule has 1 aromatic carbocycles. The average molecular weight is 433 g/mol. The number of anilines is 2. The maximum absolute atomic E-state index is 13.1. The van der Waals surface area contributed by atoms with Crippen LogP contribution in [-0.2, 0) is 16.6 Å². The number of rotatable bonds is 4. The summed E-state index contributed by atoms with van der Waals surface area (Å²) in [5.74, 6) is -0.224. The van der Waals surface area contributed by atoms with E-state index in [-0.39, 0.29) is 5.91 Å². The third-order valence-corrected chi connectivity index (χ3v) is 6.01. The highest BCUT2D eigenvalue weighted by Gasteiger charge is 2.25. The zero-order chi connectivity index (χ0) is 22.1. The number of carbonyl (C=O) groups excluding carboxylic acids is 1. The minimum atomic E-state index is -0.400. The molecular formula is C24H28N6O2. The minimum Gasteiger partial charge on any atom is -0.472 e. The number of nitrogens with one attached hydrogen (secondary N) is 2. The number of aryl methyl sites for hydroxylation is 2. The molecular weight excluding hydrogens is 404 g/mol. The monoisotopic (exact) mass is 432 g/mol. The Balaban J connectivity index is 1.39. The van der Waals surface area contributed by atoms with Crippen LogP contribution in [0, 0.1) is 6.92 Å². The fraction of sp³-hybridized carbons (Fsp3) is 0.375. The second kappa shape index (κ2) is 8.53. The summed E-state index contributed by atoms with van der Waals surface area (Å²) in [5, 5.41) is 11.9. The van der Waals surface area contributed by atoms with Crippen molar-refractivity contribution in [1.82, 2.24) is 20.1 Å². The zero-order valence-electron chi connectivity index (χ0n) is 18.5. The predicted octanol–water partition coefficient (Wildman–Crippen LogP) is 3.76. The number of pyridine rings is 1. The molecule has 0 bridgehead atoms. The van der Waals surface area contributed by atoms with Gasteiger partial charge >= 0.3 is 0 Å². The van der Waals surface area contributed by atoms with E-state index in [1.165, 1.54) is 19.1 Å². The number of ether oxygens (including phenoxy) is 1. The van der Waals surface area contributed by atoms with Crippen LogP contribution >= 0.6 is 0 Å². The van der Waals surface area contributed by atoms with Crippen molar-refractivity contribution in [2.24, 2.45) is 7.05 Å². The van der Waals surface area contributed by atoms with Gasteiger partial charge in [0.1, 0.15) is 12.0 Å². The van der Waals surface area contributed by atoms with E-state index in [4.69, 9.17) is 4.74 Å². The van der Waals surface area contributed by atoms with Gasteiger partial charge in [0.2, 0.25) is 0 Å². The first-order valence-electron chi connectivity index (χ1n) is 11.2. The summed E-state index contributed by atoms with van der Waals surface area (Å²) in [5.41, 5.74) is 4.98. The summed E-state index contributed by atoms with van der Waals surface area (Å²) in [6.45, 7) is 3.89. The molecule has 32 heavy (non-hydrogen) atoms. The Morgan fingerprint density at radius 1 is 1.19 bits per heavy atom. The summed E-state index contributed by atoms with van der Waals surface area (Å²) in [4.78, 5) is 19.7. The number of hydrogen-bond acceptors (Lipinski definition) is 6. The molecule has 1 unspecified atom stereocenters. The number of benzene rings is 1. The summed E-state index contributed by atoms with van der Waals surface area (Å²) in [6, 6.07) is 7.93. The molecule has 5 rings (SSSR count). The molecule has 3 aromatic rings. The van der Waals surface area contributed by atoms with Crippen molar-refractivity contribution in [3.8, 4) is 0 Å². The minimum absolute atomic E-state index is 0.224. The SMILES string of the molecule is Cc1cc(C2NC(C(=O)Nc3cc4cn(C)nc4cc3N3CCCCCC3)=CO2)ccn1. The summed E-state index contributed by atoms with van der Waals surface area (Å²) < 4.78 is 7.52. The van der Waals surface area contributed by atoms with Crippen LogP contribution < -0.4 is 15.5 Å². The lowest BCUT2D eigenvalue weighted by molar-refractivity contribution is -0.113. The molecule has 1 saturated heterocycles. The topological polar surface area (TPSA) is 84.3 Å². The molecule has 8 heteroatoms. The van der Waals surface area contributed by atoms with E-state index in [1.54, 1.807) is 10.9 Å². The summed E-state index contributed by atoms with van der Waals surface area (Å²) in [6.07, 6.45) is 9.59. The molecule has 8 nitrogen and oxygen atoms in total. The van der Waals surface area contributed by atoms with Crippen molar-refractivity contribution >= 4 is 28.2 Å². The van der Waals surface area contributed by atoms with Crippen molar-refractivity contribution in [2.45, 2.75) is 38.8 Å². The Labute approximate surface area is 187 Å². The van der Waals surface area contributed by atoms with E-state index < -0.39 is 6.23 Å². The van der Waals surface area contributed by atoms with Crippen molar-refractivity contribution in [1.29, 1.82) is 0 Å². The van der Waals surface area contributed by atoms with Crippen LogP contribution in [0.2, 0.25) is 0 Å². The number of amides is 1. The van der Waals surface area contributed by atoms with Gasteiger partial charge in [0, 0.05) is 49.2 Å². The van der Waals surface area contributed by atoms with Gasteiger partial charge in [-0.15, -0.1) is 0 Å². The second-order valence-electron chi connectivity index (χ2n) is 8.51. The smallest absolute Gasteiger partial charge is 0.275 e. The maximum atomic E-state index is 13.1. The lowest BCUT2D eigenvalue weighted by Gasteiger charge is -2.25. The molecule has 2 aliphatic heterocycles. The van der Waals surface area contributed by atoms with E-state index in [1.807, 2.05) is 38.4 Å². The third kappa shape index (κ3) is 4.12. The molecule has 2 aliphatic rings. The van der Waals surface area contributed by atoms with Gasteiger partial charge in [-0.05, 0) is 44.0 Å². The molecule has 1 fully saturated rings. The quantitative estimate of drug-likeness (QED) is 0.653. The Morgan fingerprint density at radius 3 is 2.78 bits per heavy atom. The van der Waals surface area contributed by atoms with E-state index in [0.717, 1.165) is 59.5 Å². The Morgan fingerprint density at radius 2 is 2.00 bits per heavy atom. The fourth-order valence-corrected chi connectivity index (χ4v) is 4.40. The van der Waals surface area contributed by atoms with E-state index in [9.17, 15) is 4.79 Å². The lowest BCUT2D eigenvalue weighted by atomic mass is 10.1. The first kappa shape index (κ1) is 20.4. The van der Waals surface area contributed by atoms with Crippen molar-refractivity contribution in [3.63, 3.8) is 0 Å². The van der Waals surface area contributed by atoms with Gasteiger partial charge in [-0.3, -0.25) is 14.5 Å². The molecule has 1 amide bonds. The number of fused-ring (bicyclic) bond motifs is 1. The number of carbonyl (C=O) groups is 1. The Kier molecular flexibility index (Phi) is 5.43. The fourth-order valence-electron chi connectivity index (χ4n) is 4.40. The average Bonchev–Trinajstić information content (AvgIpc) is 3.31. The molecule has 0 spiro atoms. The zero-order valence-corrected chi connectivity index (χ0v) is 18.5. The van der Waals surface area contributed by atoms with Crippen LogP contribution in [0.3, 0.4) is 0 Å². The molecule has 4 heterocycles. The van der Waals surface area contributed by atoms with Crippen molar-refractivity contribution in [2.75, 3.05) is 23.3 Å². The molecule has 0 aliphatic carbocycles. The van der Waals surface area contributed by atoms with Gasteiger partial charge in [0.25, 0.3) is 5.91 Å². The Hall–Kier alpha value is -3.55. The predicted molar refractivity (Wildman–Crippen MR) is 124 cm³/mol. The van der Waals surface area contributed by atoms with Crippen molar-refractivity contribution < 1.29 is 9.53 Å². The highest BCUT2D eigenvalue weighted by Crippen LogP contribution is 2.33. The first-order chi connectivity index (χ1) is 15.6. The molecule has 0 radical (unpaired) electrons. The largest absolute Gasteiger partial charge is 0.472 e. The van der Waals surface area contributed by atoms with Gasteiger partial charge in [0.15, 0.2) is 6.23 Å². The third-order valence-electron chi connectivity index (χ3n) is 6.01. The first-order valence-corrected chi connectivity index (χ1v) is 11.2. The van der Waals surface area contributed by atoms with Crippen molar-refractivity contribution in [3.05, 3.63) is 59.9 Å². The van der Waals surface area contributed by atoms with Crippen LogP contribution in [0.15, 0.2) is 48.6 Å². The molecule has 166 valence electrons. The standard InChI is InChI=1S/C24H28N6O2/c1-16-11-17(7-8-25-16)24-27-21(15-32-24)23(31)26-20-12-18-14-29(2)28-19(18)13-22(20)30-9-5-3-4-6-10-30/h7-8,11-15,24,27H,3-6,9-10H2,1-2H3,(H,26,31). The maximum Gasteiger partial charge on any atom is 0.275 e. The number of aromatic nitrogens is 3. The van der Waals surface area contributed by atoms with Gasteiger partial charge in [-0.25, -0.2) is 0 Å². The summed E-state index contributed by atoms with van der Waals surface area (Å²) >= 11 is 0. The molecule has 2 aromatic heterocycles. The molecule has 0 saturated carbocycles. The van der Waals surface area contributed by atoms with Crippen LogP contribution in [0.1, 0.15) is 43.2 Å². The molecule has 2 N–H and O–H groups in total. The number of nitrogens with zero attached hydrogens (tertiary/aromatic N) is 4. The summed E-state index contributed by atoms with van der Waals surface area (Å²) in [7, 11) is 1.91. The van der Waals surface area contributed by atoms with Crippen LogP contribution in [-0.4, -0.2) is 33.8 Å². The lowest BCUT2D eigenvalue weighted by Crippen LogP contribution is -2.28. The van der Waals surface area contributed by atoms with Gasteiger partial charge in [-0.1, -0.05) is 12.8 Å². The normalized spacial score (nSPS) is 18.6. The highest BCUT2D eigenvalue weighted by molar-refractivity contribution is 6.06. The van der Waals surface area contributed by atoms with Gasteiger partial charge < -0.3 is 20.3 Å². The molecule has 1 atom stereocenters. The van der Waals surface area contributed by atoms with E-state index in [2.05, 4.69) is 31.7 Å². The van der Waals surface area contributed by atoms with Crippen LogP contribution in [0.4, 0.5) is 11.4 Å². The van der Waals surface area contributed by atoms with E-state index >= 15 is 0 Å². The van der Waals surface area contributed by atoms with Gasteiger partial charge in [-0.2, -0.15) is 5.10 Å². The second-order valence-corrected chi connectivity index (χ2v) is 8.51. The Bertz CT molecular complexity index is 1180. The van der Waals surface area contributed by atoms with Crippen LogP contribution in [0.25, 0.3) is 10.9 Å². The number of hydrogen-bond donors (Lipinski definition) is 2. The van der Waals surface area contributed by atoms with Gasteiger partial charge in [0.05, 0.1) is 16.9 Å².